The van der Waals surface area contributed by atoms with Gasteiger partial charge in [-0.3, -0.25) is 9.59 Å². The molecule has 1 saturated heterocycles. The van der Waals surface area contributed by atoms with Gasteiger partial charge in [0.25, 0.3) is 0 Å². The Morgan fingerprint density at radius 1 is 1.21 bits per heavy atom. The second kappa shape index (κ2) is 8.32. The number of nitrogens with zero attached hydrogens (tertiary/aromatic N) is 1. The van der Waals surface area contributed by atoms with E-state index in [1.54, 1.807) is 4.90 Å². The number of carbonyl (C=O) groups is 2. The van der Waals surface area contributed by atoms with Crippen LogP contribution in [-0.2, 0) is 9.59 Å². The van der Waals surface area contributed by atoms with Crippen molar-refractivity contribution in [3.63, 3.8) is 0 Å². The Kier molecular flexibility index (Phi) is 6.66. The maximum absolute atomic E-state index is 12.6. The third kappa shape index (κ3) is 4.29. The van der Waals surface area contributed by atoms with Crippen LogP contribution in [0.4, 0.5) is 5.69 Å². The Balaban J connectivity index is 0.00000208. The van der Waals surface area contributed by atoms with E-state index in [4.69, 9.17) is 5.73 Å². The van der Waals surface area contributed by atoms with Gasteiger partial charge in [-0.1, -0.05) is 22.0 Å². The van der Waals surface area contributed by atoms with E-state index in [-0.39, 0.29) is 36.3 Å². The lowest BCUT2D eigenvalue weighted by Gasteiger charge is -2.27. The Morgan fingerprint density at radius 3 is 2.58 bits per heavy atom. The van der Waals surface area contributed by atoms with Crippen molar-refractivity contribution in [1.29, 1.82) is 0 Å². The first kappa shape index (κ1) is 19.2. The van der Waals surface area contributed by atoms with Crippen LogP contribution in [0, 0.1) is 5.92 Å². The van der Waals surface area contributed by atoms with E-state index in [9.17, 15) is 9.59 Å². The molecule has 0 aromatic heterocycles. The molecule has 1 unspecified atom stereocenters. The van der Waals surface area contributed by atoms with Crippen molar-refractivity contribution in [1.82, 2.24) is 5.32 Å². The lowest BCUT2D eigenvalue weighted by molar-refractivity contribution is -0.132. The van der Waals surface area contributed by atoms with E-state index >= 15 is 0 Å². The molecule has 5 nitrogen and oxygen atoms in total. The first-order chi connectivity index (χ1) is 11.0. The molecule has 7 heteroatoms. The predicted octanol–water partition coefficient (Wildman–Crippen LogP) is 2.61. The van der Waals surface area contributed by atoms with Gasteiger partial charge in [0, 0.05) is 28.8 Å². The van der Waals surface area contributed by atoms with E-state index in [1.807, 2.05) is 24.3 Å². The normalized spacial score (nSPS) is 26.8. The molecule has 2 amide bonds. The number of carbonyl (C=O) groups excluding carboxylic acids is 2. The Morgan fingerprint density at radius 2 is 1.92 bits per heavy atom. The van der Waals surface area contributed by atoms with Gasteiger partial charge in [-0.15, -0.1) is 12.4 Å². The molecule has 132 valence electrons. The topological polar surface area (TPSA) is 75.4 Å². The molecule has 0 bridgehead atoms. The zero-order valence-electron chi connectivity index (χ0n) is 13.4. The summed E-state index contributed by atoms with van der Waals surface area (Å²) in [6, 6.07) is 8.03. The second-order valence-electron chi connectivity index (χ2n) is 6.43. The van der Waals surface area contributed by atoms with Gasteiger partial charge < -0.3 is 16.0 Å². The van der Waals surface area contributed by atoms with Gasteiger partial charge in [-0.05, 0) is 50.3 Å². The van der Waals surface area contributed by atoms with E-state index in [0.29, 0.717) is 13.0 Å². The molecule has 3 N–H and O–H groups in total. The molecule has 2 fully saturated rings. The first-order valence-electron chi connectivity index (χ1n) is 8.17. The third-order valence-electron chi connectivity index (χ3n) is 4.76. The number of nitrogens with one attached hydrogen (secondary N) is 1. The summed E-state index contributed by atoms with van der Waals surface area (Å²) < 4.78 is 0.925. The van der Waals surface area contributed by atoms with Gasteiger partial charge in [-0.25, -0.2) is 0 Å². The lowest BCUT2D eigenvalue weighted by Crippen LogP contribution is -2.44. The predicted molar refractivity (Wildman–Crippen MR) is 100 cm³/mol. The molecule has 2 aliphatic rings. The van der Waals surface area contributed by atoms with Crippen molar-refractivity contribution in [3.8, 4) is 0 Å². The minimum Gasteiger partial charge on any atom is -0.353 e. The molecule has 1 aromatic rings. The summed E-state index contributed by atoms with van der Waals surface area (Å²) in [6.45, 7) is 0.586. The summed E-state index contributed by atoms with van der Waals surface area (Å²) in [5.74, 6) is -0.800. The highest BCUT2D eigenvalue weighted by Crippen LogP contribution is 2.28. The van der Waals surface area contributed by atoms with Crippen molar-refractivity contribution in [2.45, 2.75) is 44.2 Å². The van der Waals surface area contributed by atoms with Crippen molar-refractivity contribution >= 4 is 45.8 Å². The molecule has 1 aromatic carbocycles. The highest BCUT2D eigenvalue weighted by Gasteiger charge is 2.38. The summed E-state index contributed by atoms with van der Waals surface area (Å²) in [5, 5.41) is 3.04. The number of halogens is 2. The fourth-order valence-corrected chi connectivity index (χ4v) is 3.78. The van der Waals surface area contributed by atoms with Crippen LogP contribution in [0.3, 0.4) is 0 Å². The molecule has 3 rings (SSSR count). The van der Waals surface area contributed by atoms with Crippen LogP contribution in [-0.4, -0.2) is 30.4 Å². The molecule has 1 aliphatic carbocycles. The molecule has 1 saturated carbocycles. The number of amides is 2. The molecule has 24 heavy (non-hydrogen) atoms. The van der Waals surface area contributed by atoms with Crippen LogP contribution < -0.4 is 16.0 Å². The van der Waals surface area contributed by atoms with Gasteiger partial charge in [0.1, 0.15) is 5.92 Å². The summed E-state index contributed by atoms with van der Waals surface area (Å²) in [7, 11) is 0. The molecule has 0 radical (unpaired) electrons. The van der Waals surface area contributed by atoms with E-state index in [1.165, 1.54) is 0 Å². The number of rotatable bonds is 3. The number of nitrogens with two attached hydrogens (primary N) is 1. The second-order valence-corrected chi connectivity index (χ2v) is 7.35. The van der Waals surface area contributed by atoms with Gasteiger partial charge in [0.15, 0.2) is 0 Å². The fourth-order valence-electron chi connectivity index (χ4n) is 3.39. The molecular weight excluding hydrogens is 394 g/mol. The van der Waals surface area contributed by atoms with Crippen LogP contribution in [0.2, 0.25) is 0 Å². The number of benzene rings is 1. The standard InChI is InChI=1S/C17H22BrN3O2.ClH/c18-11-2-1-3-14(10-11)21-9-8-15(17(21)23)16(22)20-13-6-4-12(19)5-7-13;/h1-3,10,12-13,15H,4-9,19H2,(H,20,22);1H. The zero-order valence-corrected chi connectivity index (χ0v) is 15.8. The molecule has 0 spiro atoms. The Labute approximate surface area is 156 Å². The summed E-state index contributed by atoms with van der Waals surface area (Å²) in [5.41, 5.74) is 6.73. The fraction of sp³-hybridized carbons (Fsp3) is 0.529. The molecule has 1 aliphatic heterocycles. The minimum absolute atomic E-state index is 0. The van der Waals surface area contributed by atoms with Crippen LogP contribution in [0.5, 0.6) is 0 Å². The van der Waals surface area contributed by atoms with Crippen molar-refractivity contribution in [2.75, 3.05) is 11.4 Å². The van der Waals surface area contributed by atoms with Crippen LogP contribution >= 0.6 is 28.3 Å². The Bertz CT molecular complexity index is 605. The molecule has 1 atom stereocenters. The molecular formula is C17H23BrClN3O2. The summed E-state index contributed by atoms with van der Waals surface area (Å²) >= 11 is 3.42. The first-order valence-corrected chi connectivity index (χ1v) is 8.97. The van der Waals surface area contributed by atoms with Crippen LogP contribution in [0.25, 0.3) is 0 Å². The quantitative estimate of drug-likeness (QED) is 0.744. The summed E-state index contributed by atoms with van der Waals surface area (Å²) in [6.07, 6.45) is 4.26. The van der Waals surface area contributed by atoms with Gasteiger partial charge in [-0.2, -0.15) is 0 Å². The molecule has 1 heterocycles. The van der Waals surface area contributed by atoms with Gasteiger partial charge in [0.2, 0.25) is 11.8 Å². The monoisotopic (exact) mass is 415 g/mol. The zero-order chi connectivity index (χ0) is 16.4. The number of hydrogen-bond donors (Lipinski definition) is 2. The number of anilines is 1. The summed E-state index contributed by atoms with van der Waals surface area (Å²) in [4.78, 5) is 26.7. The highest BCUT2D eigenvalue weighted by atomic mass is 79.9. The lowest BCUT2D eigenvalue weighted by atomic mass is 9.91. The van der Waals surface area contributed by atoms with Crippen molar-refractivity contribution < 1.29 is 9.59 Å². The van der Waals surface area contributed by atoms with Crippen molar-refractivity contribution in [3.05, 3.63) is 28.7 Å². The van der Waals surface area contributed by atoms with Crippen LogP contribution in [0.1, 0.15) is 32.1 Å². The Hall–Kier alpha value is -1.11. The maximum Gasteiger partial charge on any atom is 0.239 e. The maximum atomic E-state index is 12.6. The average molecular weight is 417 g/mol. The SMILES string of the molecule is Cl.NC1CCC(NC(=O)C2CCN(c3cccc(Br)c3)C2=O)CC1. The van der Waals surface area contributed by atoms with Crippen LogP contribution in [0.15, 0.2) is 28.7 Å². The highest BCUT2D eigenvalue weighted by molar-refractivity contribution is 9.10. The van der Waals surface area contributed by atoms with Gasteiger partial charge >= 0.3 is 0 Å². The van der Waals surface area contributed by atoms with Crippen molar-refractivity contribution in [2.24, 2.45) is 11.7 Å². The van der Waals surface area contributed by atoms with E-state index < -0.39 is 5.92 Å². The van der Waals surface area contributed by atoms with Gasteiger partial charge in [0.05, 0.1) is 0 Å². The largest absolute Gasteiger partial charge is 0.353 e. The average Bonchev–Trinajstić information content (AvgIpc) is 2.91. The smallest absolute Gasteiger partial charge is 0.239 e. The van der Waals surface area contributed by atoms with E-state index in [2.05, 4.69) is 21.2 Å². The minimum atomic E-state index is -0.565. The third-order valence-corrected chi connectivity index (χ3v) is 5.25. The van der Waals surface area contributed by atoms with E-state index in [0.717, 1.165) is 35.8 Å². The number of hydrogen-bond acceptors (Lipinski definition) is 3.